The van der Waals surface area contributed by atoms with Crippen LogP contribution in [-0.2, 0) is 0 Å². The van der Waals surface area contributed by atoms with Crippen molar-refractivity contribution in [2.75, 3.05) is 6.54 Å². The van der Waals surface area contributed by atoms with E-state index in [0.717, 1.165) is 5.56 Å². The molecular formula is C12H11N. The number of benzene rings is 1. The Labute approximate surface area is 79.5 Å². The second-order valence-electron chi connectivity index (χ2n) is 2.54. The summed E-state index contributed by atoms with van der Waals surface area (Å²) in [7, 11) is 0. The second kappa shape index (κ2) is 5.26. The molecule has 1 rings (SSSR count). The van der Waals surface area contributed by atoms with E-state index in [9.17, 15) is 0 Å². The van der Waals surface area contributed by atoms with Gasteiger partial charge in [-0.1, -0.05) is 0 Å². The van der Waals surface area contributed by atoms with E-state index in [1.54, 1.807) is 6.08 Å². The molecule has 13 heavy (non-hydrogen) atoms. The molecule has 0 saturated heterocycles. The van der Waals surface area contributed by atoms with Crippen LogP contribution in [0.5, 0.6) is 0 Å². The Hall–Kier alpha value is -1.43. The molecule has 1 N–H and O–H groups in total. The molecule has 1 nitrogen and oxygen atoms in total. The average Bonchev–Trinajstić information content (AvgIpc) is 2.21. The normalized spacial score (nSPS) is 9.08. The van der Waals surface area contributed by atoms with Crippen LogP contribution in [-0.4, -0.2) is 6.54 Å². The monoisotopic (exact) mass is 169 g/mol. The first-order valence-corrected chi connectivity index (χ1v) is 4.08. The van der Waals surface area contributed by atoms with E-state index in [-0.39, 0.29) is 0 Å². The quantitative estimate of drug-likeness (QED) is 0.412. The summed E-state index contributed by atoms with van der Waals surface area (Å²) in [5, 5.41) is 3.04. The first kappa shape index (κ1) is 9.66. The summed E-state index contributed by atoms with van der Waals surface area (Å²) in [4.78, 5) is 0. The van der Waals surface area contributed by atoms with Crippen LogP contribution < -0.4 is 5.32 Å². The minimum absolute atomic E-state index is 0.649. The third-order valence-corrected chi connectivity index (χ3v) is 1.61. The minimum atomic E-state index is 0.649. The molecule has 0 amide bonds. The molecule has 0 unspecified atom stereocenters. The van der Waals surface area contributed by atoms with Gasteiger partial charge in [0.25, 0.3) is 0 Å². The van der Waals surface area contributed by atoms with Crippen LogP contribution in [0, 0.1) is 18.4 Å². The van der Waals surface area contributed by atoms with Crippen molar-refractivity contribution < 1.29 is 0 Å². The predicted molar refractivity (Wildman–Crippen MR) is 54.1 cm³/mol. The molecule has 64 valence electrons. The van der Waals surface area contributed by atoms with Crippen molar-refractivity contribution in [1.29, 1.82) is 0 Å². The molecule has 0 aliphatic heterocycles. The maximum absolute atomic E-state index is 7.09. The first-order valence-electron chi connectivity index (χ1n) is 4.08. The fraction of sp³-hybridized carbons (Fsp3) is 0.0833. The molecule has 0 aromatic heterocycles. The van der Waals surface area contributed by atoms with Gasteiger partial charge >= 0.3 is 78.8 Å². The zero-order valence-corrected chi connectivity index (χ0v) is 7.38. The van der Waals surface area contributed by atoms with E-state index >= 15 is 0 Å². The van der Waals surface area contributed by atoms with Gasteiger partial charge in [0.2, 0.25) is 0 Å². The molecule has 0 spiro atoms. The molecular weight excluding hydrogens is 158 g/mol. The summed E-state index contributed by atoms with van der Waals surface area (Å²) >= 11 is 0. The van der Waals surface area contributed by atoms with Crippen LogP contribution in [0.1, 0.15) is 5.56 Å². The van der Waals surface area contributed by atoms with Crippen molar-refractivity contribution >= 4 is 0 Å². The van der Waals surface area contributed by atoms with Crippen LogP contribution in [0.3, 0.4) is 0 Å². The Morgan fingerprint density at radius 2 is 2.15 bits per heavy atom. The molecule has 1 aromatic carbocycles. The summed E-state index contributed by atoms with van der Waals surface area (Å²) < 4.78 is 0. The Kier molecular flexibility index (Phi) is 3.90. The van der Waals surface area contributed by atoms with Crippen LogP contribution in [0.2, 0.25) is 0 Å². The molecule has 1 heteroatoms. The number of rotatable bonds is 4. The van der Waals surface area contributed by atoms with Crippen molar-refractivity contribution in [1.82, 2.24) is 5.32 Å². The molecule has 1 aromatic rings. The topological polar surface area (TPSA) is 12.0 Å². The first-order chi connectivity index (χ1) is 6.38. The van der Waals surface area contributed by atoms with Gasteiger partial charge < -0.3 is 0 Å². The SMILES string of the molecule is [C+]#C[C-](NCC=C)c1ccccc1. The van der Waals surface area contributed by atoms with Gasteiger partial charge in [0, 0.05) is 0 Å². The van der Waals surface area contributed by atoms with Crippen LogP contribution in [0.15, 0.2) is 43.0 Å². The van der Waals surface area contributed by atoms with E-state index in [4.69, 9.17) is 6.42 Å². The number of hydrogen-bond acceptors (Lipinski definition) is 1. The van der Waals surface area contributed by atoms with Gasteiger partial charge in [-0.15, -0.1) is 0 Å². The standard InChI is InChI=1S/C12H11N/c1-3-10-13-12(4-2)11-8-6-5-7-9-11/h3,5-9,13H,1,10H2. The van der Waals surface area contributed by atoms with E-state index < -0.39 is 0 Å². The molecule has 0 fully saturated rings. The fourth-order valence-electron chi connectivity index (χ4n) is 0.997. The van der Waals surface area contributed by atoms with Gasteiger partial charge in [-0.2, -0.15) is 0 Å². The predicted octanol–water partition coefficient (Wildman–Crippen LogP) is 1.93. The molecule has 0 atom stereocenters. The summed E-state index contributed by atoms with van der Waals surface area (Å²) in [6, 6.07) is 10.4. The molecule has 0 aliphatic carbocycles. The molecule has 0 radical (unpaired) electrons. The van der Waals surface area contributed by atoms with E-state index in [2.05, 4.69) is 17.8 Å². The van der Waals surface area contributed by atoms with E-state index in [0.29, 0.717) is 12.6 Å². The van der Waals surface area contributed by atoms with Crippen molar-refractivity contribution in [3.8, 4) is 5.92 Å². The Morgan fingerprint density at radius 3 is 2.69 bits per heavy atom. The Bertz CT molecular complexity index is 295. The third kappa shape index (κ3) is 2.83. The average molecular weight is 169 g/mol. The van der Waals surface area contributed by atoms with E-state index in [1.807, 2.05) is 30.3 Å². The van der Waals surface area contributed by atoms with Crippen LogP contribution >= 0.6 is 0 Å². The molecule has 0 bridgehead atoms. The number of hydrogen-bond donors (Lipinski definition) is 1. The third-order valence-electron chi connectivity index (χ3n) is 1.61. The van der Waals surface area contributed by atoms with Gasteiger partial charge in [-0.3, -0.25) is 0 Å². The molecule has 0 aliphatic rings. The van der Waals surface area contributed by atoms with Gasteiger partial charge in [0.1, 0.15) is 0 Å². The molecule has 0 saturated carbocycles. The summed E-state index contributed by atoms with van der Waals surface area (Å²) in [5.74, 6) is 2.36. The fourth-order valence-corrected chi connectivity index (χ4v) is 0.997. The van der Waals surface area contributed by atoms with Crippen molar-refractivity contribution in [2.24, 2.45) is 0 Å². The summed E-state index contributed by atoms with van der Waals surface area (Å²) in [6.07, 6.45) is 8.84. The van der Waals surface area contributed by atoms with E-state index in [1.165, 1.54) is 0 Å². The van der Waals surface area contributed by atoms with Gasteiger partial charge in [-0.05, 0) is 0 Å². The van der Waals surface area contributed by atoms with Crippen LogP contribution in [0.4, 0.5) is 0 Å². The summed E-state index contributed by atoms with van der Waals surface area (Å²) in [5.41, 5.74) is 0.972. The van der Waals surface area contributed by atoms with Crippen molar-refractivity contribution in [3.63, 3.8) is 0 Å². The number of nitrogens with one attached hydrogen (secondary N) is 1. The summed E-state index contributed by atoms with van der Waals surface area (Å²) in [6.45, 7) is 4.24. The van der Waals surface area contributed by atoms with Gasteiger partial charge in [0.15, 0.2) is 0 Å². The Balaban J connectivity index is 2.68. The van der Waals surface area contributed by atoms with Crippen LogP contribution in [0.25, 0.3) is 0 Å². The van der Waals surface area contributed by atoms with Gasteiger partial charge in [-0.25, -0.2) is 0 Å². The second-order valence-corrected chi connectivity index (χ2v) is 2.54. The zero-order valence-electron chi connectivity index (χ0n) is 7.38. The van der Waals surface area contributed by atoms with Crippen molar-refractivity contribution in [3.05, 3.63) is 61.0 Å². The zero-order chi connectivity index (χ0) is 9.52. The maximum atomic E-state index is 7.09. The van der Waals surface area contributed by atoms with Gasteiger partial charge in [0.05, 0.1) is 0 Å². The Morgan fingerprint density at radius 1 is 1.46 bits per heavy atom. The van der Waals surface area contributed by atoms with Crippen molar-refractivity contribution in [2.45, 2.75) is 0 Å². The molecule has 0 heterocycles.